The van der Waals surface area contributed by atoms with E-state index in [9.17, 15) is 4.79 Å². The molecule has 1 amide bonds. The monoisotopic (exact) mass is 242 g/mol. The second-order valence-corrected chi connectivity index (χ2v) is 4.95. The van der Waals surface area contributed by atoms with Gasteiger partial charge in [-0.05, 0) is 32.2 Å². The van der Waals surface area contributed by atoms with Gasteiger partial charge in [0.2, 0.25) is 5.91 Å². The van der Waals surface area contributed by atoms with Crippen LogP contribution in [-0.4, -0.2) is 38.8 Å². The van der Waals surface area contributed by atoms with E-state index in [1.165, 1.54) is 0 Å². The fourth-order valence-electron chi connectivity index (χ4n) is 2.43. The van der Waals surface area contributed by atoms with Crippen molar-refractivity contribution in [2.45, 2.75) is 45.6 Å². The summed E-state index contributed by atoms with van der Waals surface area (Å²) in [4.78, 5) is 12.4. The molecule has 1 fully saturated rings. The molecule has 2 unspecified atom stereocenters. The van der Waals surface area contributed by atoms with Crippen molar-refractivity contribution in [3.63, 3.8) is 0 Å². The third-order valence-electron chi connectivity index (χ3n) is 3.83. The molecule has 2 atom stereocenters. The summed E-state index contributed by atoms with van der Waals surface area (Å²) in [5.74, 6) is 0.191. The minimum atomic E-state index is -0.209. The average molecular weight is 242 g/mol. The molecule has 1 aliphatic heterocycles. The standard InChI is InChI=1S/C13H26N2O2/c1-4-11(9-17-3)15-12(16)13(5-2)7-6-8-14-10-13/h11,14H,4-10H2,1-3H3,(H,15,16). The molecule has 0 aliphatic carbocycles. The Labute approximate surface area is 104 Å². The van der Waals surface area contributed by atoms with E-state index in [4.69, 9.17) is 4.74 Å². The van der Waals surface area contributed by atoms with Gasteiger partial charge in [-0.2, -0.15) is 0 Å². The fourth-order valence-corrected chi connectivity index (χ4v) is 2.43. The maximum Gasteiger partial charge on any atom is 0.227 e. The largest absolute Gasteiger partial charge is 0.383 e. The first-order valence-corrected chi connectivity index (χ1v) is 6.69. The van der Waals surface area contributed by atoms with Gasteiger partial charge in [-0.25, -0.2) is 0 Å². The topological polar surface area (TPSA) is 50.4 Å². The summed E-state index contributed by atoms with van der Waals surface area (Å²) in [5.41, 5.74) is -0.209. The Bertz CT molecular complexity index is 238. The first kappa shape index (κ1) is 14.5. The van der Waals surface area contributed by atoms with E-state index in [0.29, 0.717) is 6.61 Å². The van der Waals surface area contributed by atoms with Crippen LogP contribution in [0, 0.1) is 5.41 Å². The molecule has 0 aromatic carbocycles. The Morgan fingerprint density at radius 2 is 2.29 bits per heavy atom. The Morgan fingerprint density at radius 3 is 2.76 bits per heavy atom. The Morgan fingerprint density at radius 1 is 1.53 bits per heavy atom. The van der Waals surface area contributed by atoms with Crippen LogP contribution in [0.3, 0.4) is 0 Å². The quantitative estimate of drug-likeness (QED) is 0.738. The molecule has 0 aromatic heterocycles. The SMILES string of the molecule is CCC(COC)NC(=O)C1(CC)CCCNC1. The van der Waals surface area contributed by atoms with Gasteiger partial charge in [-0.3, -0.25) is 4.79 Å². The van der Waals surface area contributed by atoms with E-state index in [1.807, 2.05) is 0 Å². The Kier molecular flexibility index (Phi) is 5.92. The number of carbonyl (C=O) groups is 1. The van der Waals surface area contributed by atoms with E-state index in [0.717, 1.165) is 38.8 Å². The first-order valence-electron chi connectivity index (χ1n) is 6.69. The van der Waals surface area contributed by atoms with Gasteiger partial charge in [-0.15, -0.1) is 0 Å². The second kappa shape index (κ2) is 6.97. The van der Waals surface area contributed by atoms with Gasteiger partial charge >= 0.3 is 0 Å². The van der Waals surface area contributed by atoms with E-state index in [-0.39, 0.29) is 17.4 Å². The minimum Gasteiger partial charge on any atom is -0.383 e. The van der Waals surface area contributed by atoms with Crippen molar-refractivity contribution < 1.29 is 9.53 Å². The zero-order valence-corrected chi connectivity index (χ0v) is 11.3. The van der Waals surface area contributed by atoms with Crippen molar-refractivity contribution in [1.29, 1.82) is 0 Å². The van der Waals surface area contributed by atoms with Gasteiger partial charge in [0, 0.05) is 13.7 Å². The van der Waals surface area contributed by atoms with Crippen LogP contribution >= 0.6 is 0 Å². The molecular weight excluding hydrogens is 216 g/mol. The zero-order valence-electron chi connectivity index (χ0n) is 11.3. The maximum atomic E-state index is 12.4. The molecule has 17 heavy (non-hydrogen) atoms. The lowest BCUT2D eigenvalue weighted by atomic mass is 9.77. The average Bonchev–Trinajstić information content (AvgIpc) is 2.38. The molecule has 4 heteroatoms. The number of hydrogen-bond acceptors (Lipinski definition) is 3. The van der Waals surface area contributed by atoms with Gasteiger partial charge in [0.25, 0.3) is 0 Å². The molecular formula is C13H26N2O2. The molecule has 0 bridgehead atoms. The molecule has 0 spiro atoms. The second-order valence-electron chi connectivity index (χ2n) is 4.95. The third-order valence-corrected chi connectivity index (χ3v) is 3.83. The Hall–Kier alpha value is -0.610. The third kappa shape index (κ3) is 3.68. The lowest BCUT2D eigenvalue weighted by Crippen LogP contribution is -2.53. The van der Waals surface area contributed by atoms with E-state index in [2.05, 4.69) is 24.5 Å². The fraction of sp³-hybridized carbons (Fsp3) is 0.923. The number of methoxy groups -OCH3 is 1. The first-order chi connectivity index (χ1) is 8.18. The lowest BCUT2D eigenvalue weighted by Gasteiger charge is -2.36. The molecule has 2 N–H and O–H groups in total. The number of ether oxygens (including phenoxy) is 1. The van der Waals surface area contributed by atoms with Crippen LogP contribution in [0.15, 0.2) is 0 Å². The van der Waals surface area contributed by atoms with Crippen molar-refractivity contribution >= 4 is 5.91 Å². The molecule has 100 valence electrons. The van der Waals surface area contributed by atoms with Gasteiger partial charge in [-0.1, -0.05) is 13.8 Å². The highest BCUT2D eigenvalue weighted by atomic mass is 16.5. The number of rotatable bonds is 6. The van der Waals surface area contributed by atoms with Crippen LogP contribution in [-0.2, 0) is 9.53 Å². The summed E-state index contributed by atoms with van der Waals surface area (Å²) >= 11 is 0. The van der Waals surface area contributed by atoms with Crippen molar-refractivity contribution in [1.82, 2.24) is 10.6 Å². The maximum absolute atomic E-state index is 12.4. The van der Waals surface area contributed by atoms with Crippen LogP contribution < -0.4 is 10.6 Å². The van der Waals surface area contributed by atoms with Crippen molar-refractivity contribution in [3.8, 4) is 0 Å². The van der Waals surface area contributed by atoms with Crippen LogP contribution in [0.5, 0.6) is 0 Å². The predicted octanol–water partition coefficient (Wildman–Crippen LogP) is 1.31. The zero-order chi connectivity index (χ0) is 12.7. The van der Waals surface area contributed by atoms with E-state index in [1.54, 1.807) is 7.11 Å². The molecule has 1 saturated heterocycles. The number of piperidine rings is 1. The smallest absolute Gasteiger partial charge is 0.227 e. The molecule has 1 heterocycles. The van der Waals surface area contributed by atoms with E-state index < -0.39 is 0 Å². The summed E-state index contributed by atoms with van der Waals surface area (Å²) in [7, 11) is 1.67. The lowest BCUT2D eigenvalue weighted by molar-refractivity contribution is -0.133. The molecule has 4 nitrogen and oxygen atoms in total. The normalized spacial score (nSPS) is 26.5. The van der Waals surface area contributed by atoms with Crippen molar-refractivity contribution in [3.05, 3.63) is 0 Å². The number of hydrogen-bond donors (Lipinski definition) is 2. The van der Waals surface area contributed by atoms with Crippen LogP contribution in [0.2, 0.25) is 0 Å². The van der Waals surface area contributed by atoms with Crippen molar-refractivity contribution in [2.24, 2.45) is 5.41 Å². The molecule has 1 rings (SSSR count). The predicted molar refractivity (Wildman–Crippen MR) is 68.9 cm³/mol. The molecule has 0 radical (unpaired) electrons. The summed E-state index contributed by atoms with van der Waals surface area (Å²) in [6.45, 7) is 6.60. The van der Waals surface area contributed by atoms with Crippen LogP contribution in [0.1, 0.15) is 39.5 Å². The summed E-state index contributed by atoms with van der Waals surface area (Å²) in [6, 6.07) is 0.137. The van der Waals surface area contributed by atoms with Gasteiger partial charge < -0.3 is 15.4 Å². The highest BCUT2D eigenvalue weighted by molar-refractivity contribution is 5.83. The summed E-state index contributed by atoms with van der Waals surface area (Å²) in [5, 5.41) is 6.46. The van der Waals surface area contributed by atoms with Crippen LogP contribution in [0.4, 0.5) is 0 Å². The van der Waals surface area contributed by atoms with Crippen molar-refractivity contribution in [2.75, 3.05) is 26.8 Å². The summed E-state index contributed by atoms with van der Waals surface area (Å²) < 4.78 is 5.12. The van der Waals surface area contributed by atoms with Gasteiger partial charge in [0.15, 0.2) is 0 Å². The van der Waals surface area contributed by atoms with Gasteiger partial charge in [0.1, 0.15) is 0 Å². The number of carbonyl (C=O) groups excluding carboxylic acids is 1. The molecule has 1 aliphatic rings. The number of nitrogens with one attached hydrogen (secondary N) is 2. The molecule has 0 saturated carbocycles. The highest BCUT2D eigenvalue weighted by Gasteiger charge is 2.38. The van der Waals surface area contributed by atoms with E-state index >= 15 is 0 Å². The minimum absolute atomic E-state index is 0.137. The highest BCUT2D eigenvalue weighted by Crippen LogP contribution is 2.30. The number of amides is 1. The van der Waals surface area contributed by atoms with Crippen LogP contribution in [0.25, 0.3) is 0 Å². The summed E-state index contributed by atoms with van der Waals surface area (Å²) in [6.07, 6.45) is 3.89. The van der Waals surface area contributed by atoms with Gasteiger partial charge in [0.05, 0.1) is 18.1 Å². The molecule has 0 aromatic rings. The Balaban J connectivity index is 2.58.